The van der Waals surface area contributed by atoms with Gasteiger partial charge in [0.1, 0.15) is 5.75 Å². The summed E-state index contributed by atoms with van der Waals surface area (Å²) < 4.78 is 5.52. The number of carbonyl (C=O) groups is 1. The Balaban J connectivity index is 2.61. The smallest absolute Gasteiger partial charge is 0.224 e. The average Bonchev–Trinajstić information content (AvgIpc) is 2.41. The fourth-order valence-corrected chi connectivity index (χ4v) is 2.26. The zero-order chi connectivity index (χ0) is 14.1. The van der Waals surface area contributed by atoms with Crippen LogP contribution in [0.3, 0.4) is 0 Å². The van der Waals surface area contributed by atoms with Crippen LogP contribution in [0.4, 0.5) is 5.69 Å². The van der Waals surface area contributed by atoms with Crippen molar-refractivity contribution >= 4 is 27.5 Å². The van der Waals surface area contributed by atoms with Crippen LogP contribution in [0.15, 0.2) is 18.2 Å². The number of rotatable bonds is 8. The van der Waals surface area contributed by atoms with E-state index in [1.165, 1.54) is 0 Å². The van der Waals surface area contributed by atoms with Crippen molar-refractivity contribution in [2.75, 3.05) is 11.9 Å². The summed E-state index contributed by atoms with van der Waals surface area (Å²) in [5.41, 5.74) is 1.88. The Kier molecular flexibility index (Phi) is 7.56. The molecular formula is C15H22BrNO2. The first-order valence-electron chi connectivity index (χ1n) is 6.82. The highest BCUT2D eigenvalue weighted by molar-refractivity contribution is 9.08. The molecule has 0 saturated heterocycles. The lowest BCUT2D eigenvalue weighted by molar-refractivity contribution is -0.116. The van der Waals surface area contributed by atoms with Crippen molar-refractivity contribution in [2.24, 2.45) is 0 Å². The van der Waals surface area contributed by atoms with Crippen molar-refractivity contribution in [1.82, 2.24) is 0 Å². The SMILES string of the molecule is CCCCCC(=O)Nc1ccc(OCC)c(CBr)c1. The molecule has 4 heteroatoms. The van der Waals surface area contributed by atoms with Gasteiger partial charge >= 0.3 is 0 Å². The Labute approximate surface area is 123 Å². The van der Waals surface area contributed by atoms with E-state index in [-0.39, 0.29) is 5.91 Å². The molecule has 0 unspecified atom stereocenters. The largest absolute Gasteiger partial charge is 0.494 e. The molecule has 0 aromatic heterocycles. The van der Waals surface area contributed by atoms with Crippen LogP contribution in [-0.4, -0.2) is 12.5 Å². The molecule has 0 aliphatic carbocycles. The highest BCUT2D eigenvalue weighted by Crippen LogP contribution is 2.25. The minimum atomic E-state index is 0.0816. The number of amides is 1. The lowest BCUT2D eigenvalue weighted by Gasteiger charge is -2.11. The predicted octanol–water partition coefficient (Wildman–Crippen LogP) is 4.50. The molecule has 19 heavy (non-hydrogen) atoms. The maximum Gasteiger partial charge on any atom is 0.224 e. The van der Waals surface area contributed by atoms with E-state index in [1.54, 1.807) is 0 Å². The van der Waals surface area contributed by atoms with Crippen molar-refractivity contribution in [3.8, 4) is 5.75 Å². The van der Waals surface area contributed by atoms with Crippen LogP contribution in [0, 0.1) is 0 Å². The molecule has 3 nitrogen and oxygen atoms in total. The molecule has 1 aromatic rings. The van der Waals surface area contributed by atoms with Crippen LogP contribution in [0.1, 0.15) is 45.1 Å². The standard InChI is InChI=1S/C15H22BrNO2/c1-3-5-6-7-15(18)17-13-8-9-14(19-4-2)12(10-13)11-16/h8-10H,3-7,11H2,1-2H3,(H,17,18). The summed E-state index contributed by atoms with van der Waals surface area (Å²) in [6.07, 6.45) is 3.77. The van der Waals surface area contributed by atoms with Crippen LogP contribution in [0.25, 0.3) is 0 Å². The van der Waals surface area contributed by atoms with Crippen LogP contribution in [0.2, 0.25) is 0 Å². The Hall–Kier alpha value is -1.03. The second-order valence-corrected chi connectivity index (χ2v) is 4.96. The zero-order valence-electron chi connectivity index (χ0n) is 11.7. The van der Waals surface area contributed by atoms with Crippen LogP contribution in [-0.2, 0) is 10.1 Å². The monoisotopic (exact) mass is 327 g/mol. The van der Waals surface area contributed by atoms with Crippen molar-refractivity contribution in [1.29, 1.82) is 0 Å². The van der Waals surface area contributed by atoms with Gasteiger partial charge in [0.25, 0.3) is 0 Å². The highest BCUT2D eigenvalue weighted by Gasteiger charge is 2.06. The topological polar surface area (TPSA) is 38.3 Å². The first kappa shape index (κ1) is 16.0. The molecule has 0 heterocycles. The number of halogens is 1. The van der Waals surface area contributed by atoms with E-state index in [9.17, 15) is 4.79 Å². The number of alkyl halides is 1. The van der Waals surface area contributed by atoms with Crippen molar-refractivity contribution in [3.63, 3.8) is 0 Å². The molecule has 106 valence electrons. The summed E-state index contributed by atoms with van der Waals surface area (Å²) in [5, 5.41) is 3.64. The Morgan fingerprint density at radius 1 is 1.32 bits per heavy atom. The van der Waals surface area contributed by atoms with E-state index in [4.69, 9.17) is 4.74 Å². The third kappa shape index (κ3) is 5.64. The van der Waals surface area contributed by atoms with Gasteiger partial charge in [-0.05, 0) is 31.5 Å². The normalized spacial score (nSPS) is 10.3. The van der Waals surface area contributed by atoms with Crippen molar-refractivity contribution in [2.45, 2.75) is 44.9 Å². The second kappa shape index (κ2) is 8.97. The lowest BCUT2D eigenvalue weighted by atomic mass is 10.1. The summed E-state index contributed by atoms with van der Waals surface area (Å²) in [4.78, 5) is 11.7. The highest BCUT2D eigenvalue weighted by atomic mass is 79.9. The number of unbranched alkanes of at least 4 members (excludes halogenated alkanes) is 2. The number of anilines is 1. The summed E-state index contributed by atoms with van der Waals surface area (Å²) in [6, 6.07) is 5.74. The van der Waals surface area contributed by atoms with Crippen LogP contribution >= 0.6 is 15.9 Å². The van der Waals surface area contributed by atoms with Gasteiger partial charge in [-0.3, -0.25) is 4.79 Å². The number of nitrogens with one attached hydrogen (secondary N) is 1. The molecular weight excluding hydrogens is 306 g/mol. The van der Waals surface area contributed by atoms with Crippen LogP contribution < -0.4 is 10.1 Å². The average molecular weight is 328 g/mol. The molecule has 0 saturated carbocycles. The van der Waals surface area contributed by atoms with Crippen LogP contribution in [0.5, 0.6) is 5.75 Å². The molecule has 0 bridgehead atoms. The molecule has 0 atom stereocenters. The molecule has 1 amide bonds. The second-order valence-electron chi connectivity index (χ2n) is 4.39. The van der Waals surface area contributed by atoms with Gasteiger partial charge in [0, 0.05) is 23.0 Å². The third-order valence-corrected chi connectivity index (χ3v) is 3.40. The summed E-state index contributed by atoms with van der Waals surface area (Å²) in [6.45, 7) is 4.73. The Morgan fingerprint density at radius 2 is 2.11 bits per heavy atom. The Morgan fingerprint density at radius 3 is 2.74 bits per heavy atom. The number of ether oxygens (including phenoxy) is 1. The van der Waals surface area contributed by atoms with Gasteiger partial charge in [-0.15, -0.1) is 0 Å². The lowest BCUT2D eigenvalue weighted by Crippen LogP contribution is -2.11. The molecule has 0 aliphatic rings. The van der Waals surface area contributed by atoms with E-state index in [2.05, 4.69) is 28.2 Å². The first-order chi connectivity index (χ1) is 9.21. The van der Waals surface area contributed by atoms with E-state index in [1.807, 2.05) is 25.1 Å². The van der Waals surface area contributed by atoms with Gasteiger partial charge in [0.2, 0.25) is 5.91 Å². The number of carbonyl (C=O) groups excluding carboxylic acids is 1. The van der Waals surface area contributed by atoms with E-state index < -0.39 is 0 Å². The van der Waals surface area contributed by atoms with E-state index in [0.29, 0.717) is 18.4 Å². The fraction of sp³-hybridized carbons (Fsp3) is 0.533. The van der Waals surface area contributed by atoms with Gasteiger partial charge in [0.15, 0.2) is 0 Å². The third-order valence-electron chi connectivity index (χ3n) is 2.80. The Bertz CT molecular complexity index is 407. The summed E-state index contributed by atoms with van der Waals surface area (Å²) in [5.74, 6) is 0.946. The molecule has 0 radical (unpaired) electrons. The minimum Gasteiger partial charge on any atom is -0.494 e. The molecule has 1 aromatic carbocycles. The molecule has 0 aliphatic heterocycles. The molecule has 1 N–H and O–H groups in total. The van der Waals surface area contributed by atoms with Crippen molar-refractivity contribution in [3.05, 3.63) is 23.8 Å². The zero-order valence-corrected chi connectivity index (χ0v) is 13.3. The number of benzene rings is 1. The van der Waals surface area contributed by atoms with Gasteiger partial charge in [-0.2, -0.15) is 0 Å². The predicted molar refractivity (Wildman–Crippen MR) is 83.0 cm³/mol. The van der Waals surface area contributed by atoms with Gasteiger partial charge in [0.05, 0.1) is 6.61 Å². The van der Waals surface area contributed by atoms with Gasteiger partial charge in [-0.1, -0.05) is 35.7 Å². The fourth-order valence-electron chi connectivity index (χ4n) is 1.82. The molecule has 0 spiro atoms. The van der Waals surface area contributed by atoms with E-state index >= 15 is 0 Å². The number of hydrogen-bond acceptors (Lipinski definition) is 2. The van der Waals surface area contributed by atoms with Gasteiger partial charge < -0.3 is 10.1 Å². The molecule has 0 fully saturated rings. The summed E-state index contributed by atoms with van der Waals surface area (Å²) in [7, 11) is 0. The number of hydrogen-bond donors (Lipinski definition) is 1. The van der Waals surface area contributed by atoms with Crippen molar-refractivity contribution < 1.29 is 9.53 Å². The van der Waals surface area contributed by atoms with Gasteiger partial charge in [-0.25, -0.2) is 0 Å². The minimum absolute atomic E-state index is 0.0816. The first-order valence-corrected chi connectivity index (χ1v) is 7.95. The summed E-state index contributed by atoms with van der Waals surface area (Å²) >= 11 is 3.44. The molecule has 1 rings (SSSR count). The maximum absolute atomic E-state index is 11.7. The quantitative estimate of drug-likeness (QED) is 0.564. The van der Waals surface area contributed by atoms with E-state index in [0.717, 1.165) is 36.3 Å². The maximum atomic E-state index is 11.7.